The first-order valence-corrected chi connectivity index (χ1v) is 11.5. The topological polar surface area (TPSA) is 99.3 Å². The van der Waals surface area contributed by atoms with E-state index in [1.807, 2.05) is 43.6 Å². The monoisotopic (exact) mass is 469 g/mol. The minimum atomic E-state index is -0.711. The Labute approximate surface area is 199 Å². The lowest BCUT2D eigenvalue weighted by Crippen LogP contribution is -2.20. The Balaban J connectivity index is 1.44. The summed E-state index contributed by atoms with van der Waals surface area (Å²) in [7, 11) is 2.04. The van der Waals surface area contributed by atoms with Gasteiger partial charge < -0.3 is 13.4 Å². The summed E-state index contributed by atoms with van der Waals surface area (Å²) in [5, 5.41) is 0. The van der Waals surface area contributed by atoms with Crippen LogP contribution in [0.25, 0.3) is 39.5 Å². The number of rotatable bonds is 4. The lowest BCUT2D eigenvalue weighted by atomic mass is 10.2. The van der Waals surface area contributed by atoms with E-state index in [-0.39, 0.29) is 5.84 Å². The Kier molecular flexibility index (Phi) is 5.18. The number of likely N-dealkylation sites (tertiary alicyclic amines) is 1. The molecule has 6 rings (SSSR count). The predicted octanol–water partition coefficient (Wildman–Crippen LogP) is 3.64. The van der Waals surface area contributed by atoms with Crippen molar-refractivity contribution in [3.63, 3.8) is 0 Å². The van der Waals surface area contributed by atoms with Gasteiger partial charge in [-0.1, -0.05) is 6.07 Å². The molecule has 4 heterocycles. The summed E-state index contributed by atoms with van der Waals surface area (Å²) in [6, 6.07) is 15.1. The fraction of sp³-hybridized carbons (Fsp3) is 0.231. The zero-order chi connectivity index (χ0) is 23.9. The molecule has 0 radical (unpaired) electrons. The Morgan fingerprint density at radius 3 is 2.43 bits per heavy atom. The van der Waals surface area contributed by atoms with Crippen molar-refractivity contribution < 1.29 is 8.83 Å². The maximum atomic E-state index is 12.2. The summed E-state index contributed by atoms with van der Waals surface area (Å²) >= 11 is 0. The molecular formula is C26H23N5O4. The molecule has 0 saturated carbocycles. The minimum absolute atomic E-state index is 0.0951. The van der Waals surface area contributed by atoms with Crippen LogP contribution in [0.5, 0.6) is 0 Å². The van der Waals surface area contributed by atoms with Crippen molar-refractivity contribution in [2.45, 2.75) is 19.4 Å². The maximum absolute atomic E-state index is 12.2. The quantitative estimate of drug-likeness (QED) is 0.396. The van der Waals surface area contributed by atoms with Crippen molar-refractivity contribution >= 4 is 22.5 Å². The first-order valence-electron chi connectivity index (χ1n) is 11.5. The molecule has 0 amide bonds. The molecule has 1 saturated heterocycles. The van der Waals surface area contributed by atoms with Crippen LogP contribution in [-0.4, -0.2) is 37.1 Å². The second kappa shape index (κ2) is 8.52. The third kappa shape index (κ3) is 3.89. The summed E-state index contributed by atoms with van der Waals surface area (Å²) in [5.41, 5.74) is 2.90. The Bertz CT molecular complexity index is 1690. The molecule has 5 aromatic rings. The number of aromatic nitrogens is 4. The molecule has 0 spiro atoms. The van der Waals surface area contributed by atoms with Crippen LogP contribution in [0.15, 0.2) is 79.2 Å². The summed E-state index contributed by atoms with van der Waals surface area (Å²) in [5.74, 6) is 0.982. The van der Waals surface area contributed by atoms with E-state index in [9.17, 15) is 9.59 Å². The molecule has 1 aliphatic rings. The normalized spacial score (nSPS) is 14.2. The van der Waals surface area contributed by atoms with Crippen LogP contribution in [0.1, 0.15) is 18.5 Å². The van der Waals surface area contributed by atoms with E-state index in [2.05, 4.69) is 19.4 Å². The Morgan fingerprint density at radius 1 is 0.914 bits per heavy atom. The number of nitrogens with zero attached hydrogens (tertiary/aromatic N) is 5. The van der Waals surface area contributed by atoms with Gasteiger partial charge in [-0.25, -0.2) is 14.6 Å². The number of hydrogen-bond donors (Lipinski definition) is 0. The summed E-state index contributed by atoms with van der Waals surface area (Å²) < 4.78 is 14.7. The third-order valence-corrected chi connectivity index (χ3v) is 6.43. The Morgan fingerprint density at radius 2 is 1.66 bits per heavy atom. The molecule has 176 valence electrons. The average Bonchev–Trinajstić information content (AvgIpc) is 3.58. The van der Waals surface area contributed by atoms with Gasteiger partial charge in [-0.3, -0.25) is 9.47 Å². The molecule has 1 aliphatic heterocycles. The highest BCUT2D eigenvalue weighted by atomic mass is 16.4. The molecule has 9 nitrogen and oxygen atoms in total. The minimum Gasteiger partial charge on any atom is -0.421 e. The van der Waals surface area contributed by atoms with Crippen molar-refractivity contribution in [3.05, 3.63) is 87.3 Å². The standard InChI is InChI=1S/C26H23N5O4/c1-29-19(16-30-13-2-3-14-30)15-27-25(29)17-7-9-18(10-8-17)31-20-5-4-6-21-24(20)28-26(31)35-23(33)12-11-22(32)34-21/h4-12,15H,2-3,13-14,16H2,1H3. The summed E-state index contributed by atoms with van der Waals surface area (Å²) in [6.45, 7) is 3.17. The predicted molar refractivity (Wildman–Crippen MR) is 131 cm³/mol. The number of imidazole rings is 2. The smallest absolute Gasteiger partial charge is 0.338 e. The molecule has 2 bridgehead atoms. The molecule has 35 heavy (non-hydrogen) atoms. The molecule has 0 aliphatic carbocycles. The van der Waals surface area contributed by atoms with Crippen molar-refractivity contribution in [2.75, 3.05) is 13.1 Å². The number of benzene rings is 2. The zero-order valence-electron chi connectivity index (χ0n) is 19.2. The van der Waals surface area contributed by atoms with Gasteiger partial charge in [-0.2, -0.15) is 4.98 Å². The molecule has 2 aromatic carbocycles. The van der Waals surface area contributed by atoms with E-state index in [1.54, 1.807) is 16.7 Å². The number of para-hydroxylation sites is 1. The van der Waals surface area contributed by atoms with Gasteiger partial charge >= 0.3 is 17.1 Å². The highest BCUT2D eigenvalue weighted by Gasteiger charge is 2.17. The van der Waals surface area contributed by atoms with Crippen LogP contribution in [0.4, 0.5) is 0 Å². The molecule has 9 heteroatoms. The van der Waals surface area contributed by atoms with Crippen LogP contribution >= 0.6 is 0 Å². The average molecular weight is 470 g/mol. The van der Waals surface area contributed by atoms with Crippen LogP contribution in [0, 0.1) is 0 Å². The lowest BCUT2D eigenvalue weighted by molar-refractivity contribution is 0.323. The first kappa shape index (κ1) is 21.3. The second-order valence-electron chi connectivity index (χ2n) is 8.69. The van der Waals surface area contributed by atoms with E-state index < -0.39 is 11.3 Å². The molecule has 0 atom stereocenters. The van der Waals surface area contributed by atoms with Gasteiger partial charge in [0.25, 0.3) is 0 Å². The fourth-order valence-electron chi connectivity index (χ4n) is 4.64. The SMILES string of the molecule is Cn1c(CN2CCCC2)cnc1-c1ccc(-n2c3nc4c(cccc42)oc(=O)ccc(=O)o3)cc1. The van der Waals surface area contributed by atoms with Gasteiger partial charge in [0, 0.05) is 31.3 Å². The third-order valence-electron chi connectivity index (χ3n) is 6.43. The number of hydrogen-bond acceptors (Lipinski definition) is 7. The molecule has 3 aromatic heterocycles. The van der Waals surface area contributed by atoms with Crippen LogP contribution in [0.3, 0.4) is 0 Å². The lowest BCUT2D eigenvalue weighted by Gasteiger charge is -2.15. The van der Waals surface area contributed by atoms with Crippen LogP contribution < -0.4 is 11.3 Å². The van der Waals surface area contributed by atoms with E-state index in [0.717, 1.165) is 48.8 Å². The second-order valence-corrected chi connectivity index (χ2v) is 8.69. The van der Waals surface area contributed by atoms with Gasteiger partial charge in [-0.15, -0.1) is 0 Å². The van der Waals surface area contributed by atoms with Crippen molar-refractivity contribution in [3.8, 4) is 17.1 Å². The maximum Gasteiger partial charge on any atom is 0.338 e. The van der Waals surface area contributed by atoms with E-state index in [1.165, 1.54) is 18.5 Å². The van der Waals surface area contributed by atoms with Gasteiger partial charge in [0.1, 0.15) is 11.3 Å². The first-order chi connectivity index (χ1) is 17.1. The van der Waals surface area contributed by atoms with Crippen molar-refractivity contribution in [1.29, 1.82) is 0 Å². The molecular weight excluding hydrogens is 446 g/mol. The largest absolute Gasteiger partial charge is 0.421 e. The Hall–Kier alpha value is -4.24. The molecule has 1 fully saturated rings. The summed E-state index contributed by atoms with van der Waals surface area (Å²) in [6.07, 6.45) is 4.46. The van der Waals surface area contributed by atoms with E-state index in [4.69, 9.17) is 8.83 Å². The summed E-state index contributed by atoms with van der Waals surface area (Å²) in [4.78, 5) is 35.8. The van der Waals surface area contributed by atoms with Crippen molar-refractivity contribution in [1.82, 2.24) is 24.0 Å². The van der Waals surface area contributed by atoms with Gasteiger partial charge in [0.05, 0.1) is 23.1 Å². The van der Waals surface area contributed by atoms with Gasteiger partial charge in [0.2, 0.25) is 0 Å². The van der Waals surface area contributed by atoms with Gasteiger partial charge in [0.15, 0.2) is 5.58 Å². The van der Waals surface area contributed by atoms with Crippen LogP contribution in [0.2, 0.25) is 0 Å². The van der Waals surface area contributed by atoms with E-state index in [0.29, 0.717) is 16.6 Å². The zero-order valence-corrected chi connectivity index (χ0v) is 19.2. The van der Waals surface area contributed by atoms with E-state index >= 15 is 0 Å². The van der Waals surface area contributed by atoms with Crippen LogP contribution in [-0.2, 0) is 13.6 Å². The number of fused-ring (bicyclic) bond motifs is 1. The van der Waals surface area contributed by atoms with Gasteiger partial charge in [-0.05, 0) is 62.3 Å². The van der Waals surface area contributed by atoms with Crippen molar-refractivity contribution in [2.24, 2.45) is 7.05 Å². The molecule has 0 N–H and O–H groups in total. The highest BCUT2D eigenvalue weighted by Crippen LogP contribution is 2.27. The fourth-order valence-corrected chi connectivity index (χ4v) is 4.64. The highest BCUT2D eigenvalue weighted by molar-refractivity contribution is 5.92. The molecule has 0 unspecified atom stereocenters.